The molecule has 0 spiro atoms. The van der Waals surface area contributed by atoms with E-state index in [9.17, 15) is 10.2 Å². The van der Waals surface area contributed by atoms with Crippen molar-refractivity contribution in [3.63, 3.8) is 0 Å². The molecule has 3 aliphatic heterocycles. The molecule has 0 radical (unpaired) electrons. The van der Waals surface area contributed by atoms with E-state index in [2.05, 4.69) is 33.8 Å². The first-order chi connectivity index (χ1) is 14.7. The van der Waals surface area contributed by atoms with Gasteiger partial charge in [-0.05, 0) is 69.3 Å². The molecule has 0 saturated carbocycles. The maximum Gasteiger partial charge on any atom is 0.112 e. The molecule has 2 N–H and O–H groups in total. The Hall–Kier alpha value is -1.42. The number of rotatable bonds is 4. The van der Waals surface area contributed by atoms with Gasteiger partial charge >= 0.3 is 0 Å². The normalized spacial score (nSPS) is 29.6. The fourth-order valence-corrected chi connectivity index (χ4v) is 5.45. The van der Waals surface area contributed by atoms with Crippen molar-refractivity contribution in [1.82, 2.24) is 9.80 Å². The first kappa shape index (κ1) is 21.8. The average Bonchev–Trinajstić information content (AvgIpc) is 2.74. The minimum atomic E-state index is -0.611. The highest BCUT2D eigenvalue weighted by molar-refractivity contribution is 5.39. The summed E-state index contributed by atoms with van der Waals surface area (Å²) in [4.78, 5) is 5.22. The lowest BCUT2D eigenvalue weighted by Gasteiger charge is -2.57. The molecule has 0 amide bonds. The van der Waals surface area contributed by atoms with Gasteiger partial charge in [-0.25, -0.2) is 0 Å². The molecule has 3 aliphatic rings. The van der Waals surface area contributed by atoms with Gasteiger partial charge in [-0.1, -0.05) is 24.0 Å². The number of hydrogen-bond donors (Lipinski definition) is 2. The number of aliphatic hydroxyl groups is 2. The quantitative estimate of drug-likeness (QED) is 0.742. The lowest BCUT2D eigenvalue weighted by Crippen LogP contribution is -2.67. The highest BCUT2D eigenvalue weighted by atomic mass is 16.5. The van der Waals surface area contributed by atoms with Crippen LogP contribution in [0, 0.1) is 17.8 Å². The summed E-state index contributed by atoms with van der Waals surface area (Å²) in [5, 5.41) is 19.5. The number of nitrogens with zero attached hydrogens (tertiary/aromatic N) is 2. The summed E-state index contributed by atoms with van der Waals surface area (Å²) in [5.74, 6) is 6.95. The van der Waals surface area contributed by atoms with Crippen LogP contribution in [0.15, 0.2) is 24.3 Å². The van der Waals surface area contributed by atoms with Crippen molar-refractivity contribution >= 4 is 0 Å². The largest absolute Gasteiger partial charge is 0.395 e. The van der Waals surface area contributed by atoms with Gasteiger partial charge in [0.2, 0.25) is 0 Å². The Morgan fingerprint density at radius 3 is 2.57 bits per heavy atom. The molecule has 0 aliphatic carbocycles. The summed E-state index contributed by atoms with van der Waals surface area (Å²) in [6.45, 7) is 8.25. The zero-order chi connectivity index (χ0) is 20.9. The number of aliphatic hydroxyl groups excluding tert-OH is 2. The molecule has 1 aromatic carbocycles. The van der Waals surface area contributed by atoms with Crippen molar-refractivity contribution in [2.75, 3.05) is 46.0 Å². The molecular formula is C25H36N2O3. The molecule has 30 heavy (non-hydrogen) atoms. The fraction of sp³-hybridized carbons (Fsp3) is 0.680. The second kappa shape index (κ2) is 10.3. The van der Waals surface area contributed by atoms with Crippen LogP contribution in [0.1, 0.15) is 49.7 Å². The highest BCUT2D eigenvalue weighted by Gasteiger charge is 2.49. The Morgan fingerprint density at radius 2 is 1.87 bits per heavy atom. The molecule has 3 fully saturated rings. The van der Waals surface area contributed by atoms with Gasteiger partial charge in [-0.2, -0.15) is 0 Å². The van der Waals surface area contributed by atoms with E-state index < -0.39 is 6.10 Å². The number of fused-ring (bicyclic) bond motifs is 1. The molecule has 5 nitrogen and oxygen atoms in total. The van der Waals surface area contributed by atoms with Crippen LogP contribution in [0.25, 0.3) is 0 Å². The van der Waals surface area contributed by atoms with Gasteiger partial charge in [0.1, 0.15) is 6.10 Å². The van der Waals surface area contributed by atoms with Gasteiger partial charge in [-0.15, -0.1) is 0 Å². The maximum absolute atomic E-state index is 10.1. The predicted octanol–water partition coefficient (Wildman–Crippen LogP) is 2.07. The summed E-state index contributed by atoms with van der Waals surface area (Å²) in [5.41, 5.74) is 2.22. The Balaban J connectivity index is 1.47. The van der Waals surface area contributed by atoms with E-state index in [0.717, 1.165) is 37.8 Å². The monoisotopic (exact) mass is 412 g/mol. The molecule has 1 aromatic rings. The van der Waals surface area contributed by atoms with Crippen molar-refractivity contribution in [1.29, 1.82) is 0 Å². The minimum Gasteiger partial charge on any atom is -0.395 e. The topological polar surface area (TPSA) is 56.2 Å². The smallest absolute Gasteiger partial charge is 0.112 e. The molecule has 164 valence electrons. The standard InChI is InChI=1S/C25H36N2O3/c1-19(29)4-5-20-6-8-22(9-7-20)25-23-17-26(16-21-10-14-30-15-11-21)12-2-3-13-27(23)24(25)18-28/h6-9,19,21,23-25,28-29H,2-3,10-18H2,1H3/t19-,23-,24-,25+/m1/s1. The van der Waals surface area contributed by atoms with Crippen LogP contribution in [0.3, 0.4) is 0 Å². The molecule has 0 unspecified atom stereocenters. The van der Waals surface area contributed by atoms with Gasteiger partial charge in [0.15, 0.2) is 0 Å². The number of ether oxygens (including phenoxy) is 1. The molecule has 3 saturated heterocycles. The second-order valence-corrected chi connectivity index (χ2v) is 9.17. The van der Waals surface area contributed by atoms with E-state index in [1.54, 1.807) is 6.92 Å². The lowest BCUT2D eigenvalue weighted by molar-refractivity contribution is -0.0677. The predicted molar refractivity (Wildman–Crippen MR) is 118 cm³/mol. The lowest BCUT2D eigenvalue weighted by atomic mass is 9.74. The van der Waals surface area contributed by atoms with E-state index in [1.807, 2.05) is 12.1 Å². The van der Waals surface area contributed by atoms with Gasteiger partial charge in [0.25, 0.3) is 0 Å². The van der Waals surface area contributed by atoms with Crippen LogP contribution in [0.5, 0.6) is 0 Å². The zero-order valence-corrected chi connectivity index (χ0v) is 18.2. The number of hydrogen-bond acceptors (Lipinski definition) is 5. The average molecular weight is 413 g/mol. The maximum atomic E-state index is 10.1. The molecular weight excluding hydrogens is 376 g/mol. The van der Waals surface area contributed by atoms with E-state index in [-0.39, 0.29) is 12.6 Å². The van der Waals surface area contributed by atoms with Crippen molar-refractivity contribution < 1.29 is 14.9 Å². The summed E-state index contributed by atoms with van der Waals surface area (Å²) < 4.78 is 5.55. The van der Waals surface area contributed by atoms with Gasteiger partial charge in [0, 0.05) is 49.9 Å². The molecule has 0 bridgehead atoms. The SMILES string of the molecule is C[C@@H](O)C#Cc1ccc([C@@H]2[C@@H](CO)N3CCCCN(CC4CCOCC4)C[C@H]23)cc1. The van der Waals surface area contributed by atoms with E-state index in [1.165, 1.54) is 44.3 Å². The van der Waals surface area contributed by atoms with Crippen molar-refractivity contribution in [3.8, 4) is 11.8 Å². The number of benzene rings is 1. The molecule has 4 rings (SSSR count). The first-order valence-electron chi connectivity index (χ1n) is 11.6. The third-order valence-electron chi connectivity index (χ3n) is 7.03. The van der Waals surface area contributed by atoms with E-state index in [4.69, 9.17) is 4.74 Å². The van der Waals surface area contributed by atoms with Crippen molar-refractivity contribution in [2.45, 2.75) is 56.7 Å². The van der Waals surface area contributed by atoms with Crippen LogP contribution in [0.4, 0.5) is 0 Å². The third kappa shape index (κ3) is 5.07. The van der Waals surface area contributed by atoms with Crippen molar-refractivity contribution in [2.24, 2.45) is 5.92 Å². The molecule has 4 atom stereocenters. The summed E-state index contributed by atoms with van der Waals surface area (Å²) >= 11 is 0. The summed E-state index contributed by atoms with van der Waals surface area (Å²) in [7, 11) is 0. The Morgan fingerprint density at radius 1 is 1.13 bits per heavy atom. The summed E-state index contributed by atoms with van der Waals surface area (Å²) in [6, 6.07) is 9.11. The molecule has 3 heterocycles. The first-order valence-corrected chi connectivity index (χ1v) is 11.6. The van der Waals surface area contributed by atoms with Crippen LogP contribution < -0.4 is 0 Å². The third-order valence-corrected chi connectivity index (χ3v) is 7.03. The van der Waals surface area contributed by atoms with Crippen LogP contribution in [-0.2, 0) is 4.74 Å². The Kier molecular flexibility index (Phi) is 7.45. The Labute approximate surface area is 181 Å². The van der Waals surface area contributed by atoms with E-state index in [0.29, 0.717) is 12.0 Å². The highest BCUT2D eigenvalue weighted by Crippen LogP contribution is 2.42. The molecule has 5 heteroatoms. The summed E-state index contributed by atoms with van der Waals surface area (Å²) in [6.07, 6.45) is 4.20. The van der Waals surface area contributed by atoms with Crippen LogP contribution >= 0.6 is 0 Å². The second-order valence-electron chi connectivity index (χ2n) is 9.17. The minimum absolute atomic E-state index is 0.213. The van der Waals surface area contributed by atoms with Crippen LogP contribution in [-0.4, -0.2) is 84.2 Å². The van der Waals surface area contributed by atoms with Gasteiger partial charge < -0.3 is 19.8 Å². The van der Waals surface area contributed by atoms with Gasteiger partial charge in [0.05, 0.1) is 6.61 Å². The van der Waals surface area contributed by atoms with Crippen LogP contribution in [0.2, 0.25) is 0 Å². The fourth-order valence-electron chi connectivity index (χ4n) is 5.45. The molecule has 0 aromatic heterocycles. The Bertz CT molecular complexity index is 733. The van der Waals surface area contributed by atoms with Crippen molar-refractivity contribution in [3.05, 3.63) is 35.4 Å². The zero-order valence-electron chi connectivity index (χ0n) is 18.2. The van der Waals surface area contributed by atoms with E-state index >= 15 is 0 Å². The van der Waals surface area contributed by atoms with Gasteiger partial charge in [-0.3, -0.25) is 4.90 Å².